The van der Waals surface area contributed by atoms with Gasteiger partial charge in [0.1, 0.15) is 0 Å². The lowest BCUT2D eigenvalue weighted by Crippen LogP contribution is -2.16. The second-order valence-electron chi connectivity index (χ2n) is 5.70. The first-order chi connectivity index (χ1) is 11.5. The average molecular weight is 339 g/mol. The summed E-state index contributed by atoms with van der Waals surface area (Å²) in [7, 11) is 7.04. The van der Waals surface area contributed by atoms with Gasteiger partial charge < -0.3 is 23.8 Å². The van der Waals surface area contributed by atoms with Crippen molar-refractivity contribution in [3.63, 3.8) is 0 Å². The van der Waals surface area contributed by atoms with Gasteiger partial charge in [-0.25, -0.2) is 4.79 Å². The summed E-state index contributed by atoms with van der Waals surface area (Å²) < 4.78 is 21.7. The average Bonchev–Trinajstić information content (AvgIpc) is 2.57. The molecule has 6 heteroatoms. The van der Waals surface area contributed by atoms with Crippen LogP contribution in [-0.2, 0) is 4.74 Å². The van der Waals surface area contributed by atoms with E-state index in [1.54, 1.807) is 19.2 Å². The maximum atomic E-state index is 12.3. The number of carbonyl (C=O) groups excluding carboxylic acids is 1. The Balaban J connectivity index is 2.85. The first-order valence-electron chi connectivity index (χ1n) is 8.24. The topological polar surface area (TPSA) is 57.2 Å². The predicted octanol–water partition coefficient (Wildman–Crippen LogP) is 2.99. The van der Waals surface area contributed by atoms with Crippen LogP contribution in [-0.4, -0.2) is 58.9 Å². The lowest BCUT2D eigenvalue weighted by atomic mass is 10.2. The molecule has 0 bridgehead atoms. The van der Waals surface area contributed by atoms with Crippen LogP contribution in [0.3, 0.4) is 0 Å². The third kappa shape index (κ3) is 6.28. The number of benzene rings is 1. The number of esters is 1. The molecule has 136 valence electrons. The van der Waals surface area contributed by atoms with Gasteiger partial charge in [0, 0.05) is 6.54 Å². The van der Waals surface area contributed by atoms with Gasteiger partial charge in [-0.2, -0.15) is 0 Å². The molecule has 0 saturated carbocycles. The first-order valence-corrected chi connectivity index (χ1v) is 8.24. The minimum Gasteiger partial charge on any atom is -0.493 e. The van der Waals surface area contributed by atoms with E-state index in [4.69, 9.17) is 18.9 Å². The Hall–Kier alpha value is -1.95. The van der Waals surface area contributed by atoms with Crippen LogP contribution in [0.4, 0.5) is 0 Å². The Morgan fingerprint density at radius 2 is 1.75 bits per heavy atom. The molecule has 0 fully saturated rings. The molecule has 1 rings (SSSR count). The summed E-state index contributed by atoms with van der Waals surface area (Å²) in [5.41, 5.74) is 0.393. The Morgan fingerprint density at radius 1 is 1.04 bits per heavy atom. The molecule has 6 nitrogen and oxygen atoms in total. The second-order valence-corrected chi connectivity index (χ2v) is 5.70. The van der Waals surface area contributed by atoms with Gasteiger partial charge in [-0.3, -0.25) is 0 Å². The number of carbonyl (C=O) groups is 1. The van der Waals surface area contributed by atoms with Crippen molar-refractivity contribution in [1.82, 2.24) is 4.90 Å². The summed E-state index contributed by atoms with van der Waals surface area (Å²) >= 11 is 0. The molecule has 24 heavy (non-hydrogen) atoms. The van der Waals surface area contributed by atoms with Crippen molar-refractivity contribution in [3.8, 4) is 17.2 Å². The van der Waals surface area contributed by atoms with Crippen molar-refractivity contribution in [3.05, 3.63) is 17.7 Å². The van der Waals surface area contributed by atoms with E-state index in [-0.39, 0.29) is 0 Å². The minimum absolute atomic E-state index is 0.372. The van der Waals surface area contributed by atoms with Crippen LogP contribution in [0.5, 0.6) is 17.2 Å². The Morgan fingerprint density at radius 3 is 2.33 bits per heavy atom. The number of hydrogen-bond acceptors (Lipinski definition) is 6. The molecule has 0 amide bonds. The van der Waals surface area contributed by atoms with Crippen molar-refractivity contribution in [2.75, 3.05) is 48.1 Å². The molecule has 0 spiro atoms. The summed E-state index contributed by atoms with van der Waals surface area (Å²) in [6.45, 7) is 3.88. The van der Waals surface area contributed by atoms with Crippen molar-refractivity contribution in [1.29, 1.82) is 0 Å². The van der Waals surface area contributed by atoms with E-state index in [9.17, 15) is 4.79 Å². The molecule has 0 N–H and O–H groups in total. The normalized spacial score (nSPS) is 10.6. The molecule has 1 aromatic rings. The molecule has 0 saturated heterocycles. The molecular weight excluding hydrogens is 310 g/mol. The van der Waals surface area contributed by atoms with Crippen LogP contribution >= 0.6 is 0 Å². The van der Waals surface area contributed by atoms with Crippen LogP contribution in [0.25, 0.3) is 0 Å². The zero-order valence-electron chi connectivity index (χ0n) is 15.4. The summed E-state index contributed by atoms with van der Waals surface area (Å²) in [4.78, 5) is 14.3. The van der Waals surface area contributed by atoms with Gasteiger partial charge >= 0.3 is 5.97 Å². The highest BCUT2D eigenvalue weighted by Crippen LogP contribution is 2.38. The monoisotopic (exact) mass is 339 g/mol. The standard InChI is InChI=1S/C18H29NO5/c1-6-7-10-23-16-13-14(12-15(21-4)17(16)22-5)18(20)24-11-8-9-19(2)3/h12-13H,6-11H2,1-5H3. The number of unbranched alkanes of at least 4 members (excludes halogenated alkanes) is 1. The van der Waals surface area contributed by atoms with Crippen LogP contribution in [0.1, 0.15) is 36.5 Å². The molecule has 0 aliphatic heterocycles. The molecular formula is C18H29NO5. The predicted molar refractivity (Wildman–Crippen MR) is 93.4 cm³/mol. The quantitative estimate of drug-likeness (QED) is 0.456. The van der Waals surface area contributed by atoms with E-state index in [1.807, 2.05) is 19.0 Å². The minimum atomic E-state index is -0.393. The van der Waals surface area contributed by atoms with Crippen LogP contribution < -0.4 is 14.2 Å². The van der Waals surface area contributed by atoms with Gasteiger partial charge in [0.25, 0.3) is 0 Å². The summed E-state index contributed by atoms with van der Waals surface area (Å²) in [5.74, 6) is 1.03. The van der Waals surface area contributed by atoms with E-state index < -0.39 is 5.97 Å². The van der Waals surface area contributed by atoms with Crippen LogP contribution in [0, 0.1) is 0 Å². The number of methoxy groups -OCH3 is 2. The van der Waals surface area contributed by atoms with Gasteiger partial charge in [-0.15, -0.1) is 0 Å². The van der Waals surface area contributed by atoms with Gasteiger partial charge in [0.05, 0.1) is 33.0 Å². The van der Waals surface area contributed by atoms with E-state index >= 15 is 0 Å². The van der Waals surface area contributed by atoms with Gasteiger partial charge in [-0.1, -0.05) is 13.3 Å². The number of hydrogen-bond donors (Lipinski definition) is 0. The SMILES string of the molecule is CCCCOc1cc(C(=O)OCCCN(C)C)cc(OC)c1OC. The zero-order chi connectivity index (χ0) is 17.9. The largest absolute Gasteiger partial charge is 0.493 e. The van der Waals surface area contributed by atoms with Crippen LogP contribution in [0.2, 0.25) is 0 Å². The summed E-state index contributed by atoms with van der Waals surface area (Å²) in [5, 5.41) is 0. The van der Waals surface area contributed by atoms with E-state index in [1.165, 1.54) is 7.11 Å². The number of nitrogens with zero attached hydrogens (tertiary/aromatic N) is 1. The molecule has 0 unspecified atom stereocenters. The maximum absolute atomic E-state index is 12.3. The number of ether oxygens (including phenoxy) is 4. The van der Waals surface area contributed by atoms with E-state index in [2.05, 4.69) is 6.92 Å². The van der Waals surface area contributed by atoms with Gasteiger partial charge in [-0.05, 0) is 39.1 Å². The lowest BCUT2D eigenvalue weighted by Gasteiger charge is -2.15. The van der Waals surface area contributed by atoms with Crippen LogP contribution in [0.15, 0.2) is 12.1 Å². The fraction of sp³-hybridized carbons (Fsp3) is 0.611. The Kier molecular flexibility index (Phi) is 9.01. The summed E-state index contributed by atoms with van der Waals surface area (Å²) in [6.07, 6.45) is 2.73. The fourth-order valence-corrected chi connectivity index (χ4v) is 2.11. The molecule has 1 aromatic carbocycles. The van der Waals surface area contributed by atoms with Crippen molar-refractivity contribution >= 4 is 5.97 Å². The lowest BCUT2D eigenvalue weighted by molar-refractivity contribution is 0.0492. The molecule has 0 heterocycles. The van der Waals surface area contributed by atoms with Crippen molar-refractivity contribution in [2.45, 2.75) is 26.2 Å². The fourth-order valence-electron chi connectivity index (χ4n) is 2.11. The highest BCUT2D eigenvalue weighted by molar-refractivity contribution is 5.91. The van der Waals surface area contributed by atoms with E-state index in [0.29, 0.717) is 36.0 Å². The molecule has 0 aliphatic carbocycles. The van der Waals surface area contributed by atoms with Crippen molar-refractivity contribution in [2.24, 2.45) is 0 Å². The summed E-state index contributed by atoms with van der Waals surface area (Å²) in [6, 6.07) is 3.26. The number of rotatable bonds is 11. The molecule has 0 aromatic heterocycles. The Bertz CT molecular complexity index is 516. The maximum Gasteiger partial charge on any atom is 0.338 e. The molecule has 0 atom stereocenters. The van der Waals surface area contributed by atoms with Crippen molar-refractivity contribution < 1.29 is 23.7 Å². The zero-order valence-corrected chi connectivity index (χ0v) is 15.4. The smallest absolute Gasteiger partial charge is 0.338 e. The Labute approximate surface area is 144 Å². The van der Waals surface area contributed by atoms with Gasteiger partial charge in [0.15, 0.2) is 11.5 Å². The first kappa shape index (κ1) is 20.1. The molecule has 0 radical (unpaired) electrons. The second kappa shape index (κ2) is 10.8. The third-order valence-electron chi connectivity index (χ3n) is 3.42. The van der Waals surface area contributed by atoms with E-state index in [0.717, 1.165) is 25.8 Å². The third-order valence-corrected chi connectivity index (χ3v) is 3.42. The molecule has 0 aliphatic rings. The van der Waals surface area contributed by atoms with Gasteiger partial charge in [0.2, 0.25) is 5.75 Å². The highest BCUT2D eigenvalue weighted by Gasteiger charge is 2.18. The highest BCUT2D eigenvalue weighted by atomic mass is 16.5.